The summed E-state index contributed by atoms with van der Waals surface area (Å²) in [7, 11) is 0. The van der Waals surface area contributed by atoms with Crippen LogP contribution in [0.1, 0.15) is 25.7 Å². The van der Waals surface area contributed by atoms with Gasteiger partial charge in [-0.25, -0.2) is 0 Å². The summed E-state index contributed by atoms with van der Waals surface area (Å²) in [6.45, 7) is 2.62. The highest BCUT2D eigenvalue weighted by atomic mass is 79.9. The Bertz CT molecular complexity index is 105. The largest absolute Gasteiger partial charge is 0.379 e. The molecular weight excluding hydrogens is 220 g/mol. The Hall–Kier alpha value is 0.400. The van der Waals surface area contributed by atoms with Gasteiger partial charge in [0, 0.05) is 18.5 Å². The molecular formula is C9H17BrO2. The van der Waals surface area contributed by atoms with Gasteiger partial charge in [0.15, 0.2) is 0 Å². The molecule has 0 saturated carbocycles. The minimum atomic E-state index is 0.404. The summed E-state index contributed by atoms with van der Waals surface area (Å²) in [5.74, 6) is 0. The monoisotopic (exact) mass is 236 g/mol. The van der Waals surface area contributed by atoms with Crippen molar-refractivity contribution in [3.05, 3.63) is 0 Å². The number of alkyl halides is 1. The van der Waals surface area contributed by atoms with E-state index in [1.807, 2.05) is 0 Å². The van der Waals surface area contributed by atoms with Crippen molar-refractivity contribution in [3.8, 4) is 0 Å². The number of halogens is 1. The number of hydrogen-bond acceptors (Lipinski definition) is 2. The Labute approximate surface area is 82.7 Å². The van der Waals surface area contributed by atoms with Gasteiger partial charge in [-0.2, -0.15) is 0 Å². The Balaban J connectivity index is 1.70. The third-order valence-corrected chi connectivity index (χ3v) is 2.58. The van der Waals surface area contributed by atoms with E-state index in [2.05, 4.69) is 15.9 Å². The average molecular weight is 237 g/mol. The van der Waals surface area contributed by atoms with Crippen LogP contribution in [0.25, 0.3) is 0 Å². The van der Waals surface area contributed by atoms with Gasteiger partial charge in [-0.1, -0.05) is 22.4 Å². The molecule has 72 valence electrons. The van der Waals surface area contributed by atoms with Crippen LogP contribution in [0.2, 0.25) is 0 Å². The van der Waals surface area contributed by atoms with Crippen LogP contribution >= 0.6 is 15.9 Å². The van der Waals surface area contributed by atoms with Gasteiger partial charge in [0.1, 0.15) is 0 Å². The second-order valence-electron chi connectivity index (χ2n) is 3.11. The lowest BCUT2D eigenvalue weighted by molar-refractivity contribution is -0.0939. The first-order chi connectivity index (χ1) is 5.93. The maximum absolute atomic E-state index is 5.44. The Morgan fingerprint density at radius 3 is 2.75 bits per heavy atom. The van der Waals surface area contributed by atoms with Gasteiger partial charge in [-0.3, -0.25) is 0 Å². The van der Waals surface area contributed by atoms with Crippen LogP contribution in [-0.2, 0) is 9.47 Å². The molecule has 1 aliphatic rings. The van der Waals surface area contributed by atoms with E-state index >= 15 is 0 Å². The molecule has 0 bridgehead atoms. The van der Waals surface area contributed by atoms with E-state index in [9.17, 15) is 0 Å². The Morgan fingerprint density at radius 1 is 1.33 bits per heavy atom. The van der Waals surface area contributed by atoms with Gasteiger partial charge in [0.05, 0.1) is 12.7 Å². The summed E-state index contributed by atoms with van der Waals surface area (Å²) in [4.78, 5) is 0. The standard InChI is InChI=1S/C9H17BrO2/c10-5-2-1-3-6-11-8-9-4-7-12-9/h9H,1-8H2. The van der Waals surface area contributed by atoms with Crippen LogP contribution < -0.4 is 0 Å². The molecule has 0 spiro atoms. The normalized spacial score (nSPS) is 22.2. The summed E-state index contributed by atoms with van der Waals surface area (Å²) < 4.78 is 10.7. The fourth-order valence-electron chi connectivity index (χ4n) is 1.11. The second kappa shape index (κ2) is 6.87. The quantitative estimate of drug-likeness (QED) is 0.500. The molecule has 0 amide bonds. The molecule has 0 radical (unpaired) electrons. The molecule has 2 nitrogen and oxygen atoms in total. The highest BCUT2D eigenvalue weighted by Gasteiger charge is 2.17. The van der Waals surface area contributed by atoms with Crippen molar-refractivity contribution in [1.29, 1.82) is 0 Å². The maximum atomic E-state index is 5.44. The number of ether oxygens (including phenoxy) is 2. The third kappa shape index (κ3) is 4.43. The lowest BCUT2D eigenvalue weighted by Crippen LogP contribution is -2.31. The topological polar surface area (TPSA) is 18.5 Å². The third-order valence-electron chi connectivity index (χ3n) is 2.02. The van der Waals surface area contributed by atoms with Crippen molar-refractivity contribution in [1.82, 2.24) is 0 Å². The molecule has 1 heterocycles. The molecule has 1 saturated heterocycles. The van der Waals surface area contributed by atoms with E-state index in [0.717, 1.165) is 25.2 Å². The van der Waals surface area contributed by atoms with Gasteiger partial charge in [0.2, 0.25) is 0 Å². The van der Waals surface area contributed by atoms with Crippen molar-refractivity contribution in [2.45, 2.75) is 31.8 Å². The molecule has 12 heavy (non-hydrogen) atoms. The minimum Gasteiger partial charge on any atom is -0.379 e. The van der Waals surface area contributed by atoms with Gasteiger partial charge in [0.25, 0.3) is 0 Å². The molecule has 1 atom stereocenters. The average Bonchev–Trinajstić information content (AvgIpc) is 2.00. The molecule has 0 aromatic carbocycles. The number of hydrogen-bond donors (Lipinski definition) is 0. The smallest absolute Gasteiger partial charge is 0.0830 e. The minimum absolute atomic E-state index is 0.404. The molecule has 0 aromatic rings. The Kier molecular flexibility index (Phi) is 6.00. The SMILES string of the molecule is BrCCCCCOCC1CCO1. The lowest BCUT2D eigenvalue weighted by atomic mass is 10.2. The van der Waals surface area contributed by atoms with Crippen LogP contribution in [-0.4, -0.2) is 31.3 Å². The van der Waals surface area contributed by atoms with E-state index in [1.165, 1.54) is 25.7 Å². The van der Waals surface area contributed by atoms with E-state index in [0.29, 0.717) is 6.10 Å². The fraction of sp³-hybridized carbons (Fsp3) is 1.00. The number of rotatable bonds is 7. The molecule has 1 unspecified atom stereocenters. The zero-order chi connectivity index (χ0) is 8.65. The Morgan fingerprint density at radius 2 is 2.17 bits per heavy atom. The molecule has 1 aliphatic heterocycles. The van der Waals surface area contributed by atoms with Crippen molar-refractivity contribution in [3.63, 3.8) is 0 Å². The molecule has 3 heteroatoms. The van der Waals surface area contributed by atoms with E-state index in [-0.39, 0.29) is 0 Å². The zero-order valence-electron chi connectivity index (χ0n) is 7.43. The summed E-state index contributed by atoms with van der Waals surface area (Å²) in [5, 5.41) is 1.11. The zero-order valence-corrected chi connectivity index (χ0v) is 9.01. The molecule has 0 N–H and O–H groups in total. The summed E-state index contributed by atoms with van der Waals surface area (Å²) >= 11 is 3.40. The van der Waals surface area contributed by atoms with E-state index in [4.69, 9.17) is 9.47 Å². The van der Waals surface area contributed by atoms with E-state index < -0.39 is 0 Å². The van der Waals surface area contributed by atoms with Crippen LogP contribution in [0.3, 0.4) is 0 Å². The van der Waals surface area contributed by atoms with Gasteiger partial charge >= 0.3 is 0 Å². The number of unbranched alkanes of at least 4 members (excludes halogenated alkanes) is 2. The summed E-state index contributed by atoms with van der Waals surface area (Å²) in [5.41, 5.74) is 0. The maximum Gasteiger partial charge on any atom is 0.0830 e. The fourth-order valence-corrected chi connectivity index (χ4v) is 1.50. The van der Waals surface area contributed by atoms with E-state index in [1.54, 1.807) is 0 Å². The van der Waals surface area contributed by atoms with Gasteiger partial charge < -0.3 is 9.47 Å². The van der Waals surface area contributed by atoms with Crippen molar-refractivity contribution in [2.75, 3.05) is 25.2 Å². The van der Waals surface area contributed by atoms with Crippen LogP contribution in [0.5, 0.6) is 0 Å². The predicted octanol–water partition coefficient (Wildman–Crippen LogP) is 2.36. The van der Waals surface area contributed by atoms with Crippen molar-refractivity contribution in [2.24, 2.45) is 0 Å². The first-order valence-corrected chi connectivity index (χ1v) is 5.81. The van der Waals surface area contributed by atoms with Crippen molar-refractivity contribution >= 4 is 15.9 Å². The molecule has 1 fully saturated rings. The highest BCUT2D eigenvalue weighted by molar-refractivity contribution is 9.09. The van der Waals surface area contributed by atoms with Crippen LogP contribution in [0.15, 0.2) is 0 Å². The van der Waals surface area contributed by atoms with Gasteiger partial charge in [-0.05, 0) is 19.3 Å². The van der Waals surface area contributed by atoms with Crippen LogP contribution in [0, 0.1) is 0 Å². The summed E-state index contributed by atoms with van der Waals surface area (Å²) in [6, 6.07) is 0. The lowest BCUT2D eigenvalue weighted by Gasteiger charge is -2.25. The molecule has 1 rings (SSSR count). The predicted molar refractivity (Wildman–Crippen MR) is 52.8 cm³/mol. The van der Waals surface area contributed by atoms with Crippen LogP contribution in [0.4, 0.5) is 0 Å². The first kappa shape index (κ1) is 10.5. The molecule has 0 aliphatic carbocycles. The first-order valence-electron chi connectivity index (χ1n) is 4.69. The summed E-state index contributed by atoms with van der Waals surface area (Å²) in [6.07, 6.45) is 5.28. The van der Waals surface area contributed by atoms with Crippen molar-refractivity contribution < 1.29 is 9.47 Å². The molecule has 0 aromatic heterocycles. The van der Waals surface area contributed by atoms with Gasteiger partial charge in [-0.15, -0.1) is 0 Å². The second-order valence-corrected chi connectivity index (χ2v) is 3.90. The highest BCUT2D eigenvalue weighted by Crippen LogP contribution is 2.10.